The molecule has 1 saturated carbocycles. The number of fused-ring (bicyclic) bond motifs is 2. The third-order valence-corrected chi connectivity index (χ3v) is 9.45. The van der Waals surface area contributed by atoms with Gasteiger partial charge in [0.05, 0.1) is 13.7 Å². The van der Waals surface area contributed by atoms with E-state index in [0.29, 0.717) is 18.4 Å². The molecule has 180 valence electrons. The number of rotatable bonds is 5. The Morgan fingerprint density at radius 3 is 2.56 bits per heavy atom. The summed E-state index contributed by atoms with van der Waals surface area (Å²) in [5.41, 5.74) is 2.54. The number of Topliss-reactive ketones (excluding diaryl/α,β-unsaturated/α-hetero) is 1. The average Bonchev–Trinajstić information content (AvgIpc) is 2.81. The summed E-state index contributed by atoms with van der Waals surface area (Å²) in [4.78, 5) is 30.4. The number of likely N-dealkylation sites (N-methyl/N-ethyl adjacent to an activating group) is 1. The van der Waals surface area contributed by atoms with Gasteiger partial charge in [-0.25, -0.2) is 0 Å². The summed E-state index contributed by atoms with van der Waals surface area (Å²) < 4.78 is 11.2. The van der Waals surface area contributed by atoms with E-state index in [9.17, 15) is 9.59 Å². The number of ketones is 1. The summed E-state index contributed by atoms with van der Waals surface area (Å²) in [7, 11) is 3.79. The Morgan fingerprint density at radius 1 is 1.12 bits per heavy atom. The van der Waals surface area contributed by atoms with E-state index in [0.717, 1.165) is 17.7 Å². The molecule has 2 aliphatic heterocycles. The van der Waals surface area contributed by atoms with Crippen molar-refractivity contribution in [1.82, 2.24) is 4.90 Å². The minimum atomic E-state index is -1.22. The Morgan fingerprint density at radius 2 is 1.88 bits per heavy atom. The molecule has 6 rings (SSSR count). The maximum Gasteiger partial charge on any atom is 0.321 e. The van der Waals surface area contributed by atoms with Crippen LogP contribution in [0.5, 0.6) is 5.75 Å². The second kappa shape index (κ2) is 7.67. The number of carbonyl (C=O) groups is 2. The molecule has 3 fully saturated rings. The summed E-state index contributed by atoms with van der Waals surface area (Å²) in [5, 5.41) is 0. The van der Waals surface area contributed by atoms with Gasteiger partial charge in [-0.1, -0.05) is 43.7 Å². The lowest BCUT2D eigenvalue weighted by Gasteiger charge is -2.71. The average molecular weight is 462 g/mol. The molecule has 5 atom stereocenters. The number of carbonyl (C=O) groups excluding carboxylic acids is 2. The Bertz CT molecular complexity index is 1170. The second-order valence-corrected chi connectivity index (χ2v) is 10.9. The fourth-order valence-electron chi connectivity index (χ4n) is 7.54. The Kier molecular flexibility index (Phi) is 5.21. The van der Waals surface area contributed by atoms with Crippen LogP contribution in [0.2, 0.25) is 0 Å². The molecule has 2 aromatic rings. The zero-order valence-corrected chi connectivity index (χ0v) is 21.1. The maximum absolute atomic E-state index is 14.3. The normalized spacial score (nSPS) is 33.8. The number of ether oxygens (including phenoxy) is 2. The highest BCUT2D eigenvalue weighted by Crippen LogP contribution is 2.68. The maximum atomic E-state index is 14.3. The van der Waals surface area contributed by atoms with E-state index < -0.39 is 5.41 Å². The minimum Gasteiger partial charge on any atom is -0.497 e. The molecule has 0 aromatic heterocycles. The quantitative estimate of drug-likeness (QED) is 0.366. The van der Waals surface area contributed by atoms with Gasteiger partial charge in [0.15, 0.2) is 5.78 Å². The van der Waals surface area contributed by atoms with Gasteiger partial charge in [-0.05, 0) is 74.9 Å². The standard InChI is InChI=1S/C29H35NO4/c1-7-34-26(32)29(25(31)20-10-8-9-18(2)13-20)17-28(4)23-14-19-11-12-21(33-6)15-22(19)27(28,3)16-24(29)30(23)5/h8-13,15,23-24H,7,14,16-17H2,1-6H3/t23?,24?,27-,28+,29?/m0/s1. The van der Waals surface area contributed by atoms with Crippen molar-refractivity contribution in [2.75, 3.05) is 20.8 Å². The van der Waals surface area contributed by atoms with Crippen molar-refractivity contribution in [3.05, 3.63) is 64.7 Å². The van der Waals surface area contributed by atoms with Gasteiger partial charge in [0.1, 0.15) is 11.2 Å². The van der Waals surface area contributed by atoms with Gasteiger partial charge >= 0.3 is 5.97 Å². The molecule has 0 N–H and O–H groups in total. The van der Waals surface area contributed by atoms with Crippen LogP contribution >= 0.6 is 0 Å². The zero-order chi connectivity index (χ0) is 24.5. The molecule has 4 bridgehead atoms. The van der Waals surface area contributed by atoms with Crippen molar-refractivity contribution in [2.24, 2.45) is 10.8 Å². The molecule has 2 saturated heterocycles. The van der Waals surface area contributed by atoms with Gasteiger partial charge in [-0.2, -0.15) is 0 Å². The highest BCUT2D eigenvalue weighted by Gasteiger charge is 2.74. The predicted octanol–water partition coefficient (Wildman–Crippen LogP) is 4.73. The lowest BCUT2D eigenvalue weighted by molar-refractivity contribution is -0.196. The first kappa shape index (κ1) is 23.1. The van der Waals surface area contributed by atoms with Crippen LogP contribution < -0.4 is 4.74 Å². The van der Waals surface area contributed by atoms with Crippen LogP contribution in [0.3, 0.4) is 0 Å². The predicted molar refractivity (Wildman–Crippen MR) is 131 cm³/mol. The number of hydrogen-bond acceptors (Lipinski definition) is 5. The molecule has 2 heterocycles. The fraction of sp³-hybridized carbons (Fsp3) is 0.517. The van der Waals surface area contributed by atoms with E-state index in [1.165, 1.54) is 11.1 Å². The molecular formula is C29H35NO4. The number of methoxy groups -OCH3 is 1. The molecule has 5 heteroatoms. The molecule has 2 aliphatic carbocycles. The largest absolute Gasteiger partial charge is 0.497 e. The Labute approximate surface area is 202 Å². The monoisotopic (exact) mass is 461 g/mol. The van der Waals surface area contributed by atoms with Crippen molar-refractivity contribution >= 4 is 11.8 Å². The first-order chi connectivity index (χ1) is 16.1. The molecular weight excluding hydrogens is 426 g/mol. The molecule has 0 radical (unpaired) electrons. The Balaban J connectivity index is 1.69. The van der Waals surface area contributed by atoms with Crippen molar-refractivity contribution < 1.29 is 19.1 Å². The number of piperidine rings is 2. The highest BCUT2D eigenvalue weighted by molar-refractivity contribution is 6.13. The van der Waals surface area contributed by atoms with Crippen LogP contribution in [-0.4, -0.2) is 49.5 Å². The third-order valence-electron chi connectivity index (χ3n) is 9.45. The summed E-state index contributed by atoms with van der Waals surface area (Å²) >= 11 is 0. The number of aryl methyl sites for hydroxylation is 1. The summed E-state index contributed by atoms with van der Waals surface area (Å²) in [6.45, 7) is 8.65. The van der Waals surface area contributed by atoms with Crippen molar-refractivity contribution in [3.63, 3.8) is 0 Å². The van der Waals surface area contributed by atoms with Crippen LogP contribution in [-0.2, 0) is 21.4 Å². The number of benzene rings is 2. The second-order valence-electron chi connectivity index (χ2n) is 10.9. The van der Waals surface area contributed by atoms with Crippen LogP contribution in [0.1, 0.15) is 60.7 Å². The van der Waals surface area contributed by atoms with E-state index in [1.807, 2.05) is 44.2 Å². The van der Waals surface area contributed by atoms with E-state index in [2.05, 4.69) is 37.9 Å². The van der Waals surface area contributed by atoms with Crippen LogP contribution in [0.25, 0.3) is 0 Å². The lowest BCUT2D eigenvalue weighted by Crippen LogP contribution is -2.78. The Hall–Kier alpha value is -2.66. The van der Waals surface area contributed by atoms with Crippen LogP contribution in [0.4, 0.5) is 0 Å². The molecule has 2 aromatic carbocycles. The van der Waals surface area contributed by atoms with Crippen molar-refractivity contribution in [1.29, 1.82) is 0 Å². The number of hydrogen-bond donors (Lipinski definition) is 0. The SMILES string of the molecule is CCOC(=O)C1(C(=O)c2cccc(C)c2)C[C@]2(C)C3Cc4ccc(OC)cc4[C@]2(C)CC1N3C. The minimum absolute atomic E-state index is 0.107. The molecule has 5 nitrogen and oxygen atoms in total. The first-order valence-electron chi connectivity index (χ1n) is 12.3. The van der Waals surface area contributed by atoms with E-state index in [-0.39, 0.29) is 41.3 Å². The highest BCUT2D eigenvalue weighted by atomic mass is 16.5. The van der Waals surface area contributed by atoms with Gasteiger partial charge in [-0.15, -0.1) is 0 Å². The molecule has 4 aliphatic rings. The number of esters is 1. The summed E-state index contributed by atoms with van der Waals surface area (Å²) in [5.74, 6) is 0.366. The van der Waals surface area contributed by atoms with Crippen LogP contribution in [0, 0.1) is 17.8 Å². The zero-order valence-electron chi connectivity index (χ0n) is 21.1. The van der Waals surface area contributed by atoms with Gasteiger partial charge in [0, 0.05) is 23.1 Å². The third kappa shape index (κ3) is 2.82. The van der Waals surface area contributed by atoms with Crippen LogP contribution in [0.15, 0.2) is 42.5 Å². The van der Waals surface area contributed by atoms with Gasteiger partial charge < -0.3 is 9.47 Å². The van der Waals surface area contributed by atoms with E-state index in [1.54, 1.807) is 7.11 Å². The van der Waals surface area contributed by atoms with Crippen molar-refractivity contribution in [3.8, 4) is 5.75 Å². The lowest BCUT2D eigenvalue weighted by atomic mass is 9.39. The topological polar surface area (TPSA) is 55.8 Å². The van der Waals surface area contributed by atoms with Gasteiger partial charge in [0.2, 0.25) is 0 Å². The first-order valence-corrected chi connectivity index (χ1v) is 12.3. The summed E-state index contributed by atoms with van der Waals surface area (Å²) in [6.07, 6.45) is 2.10. The van der Waals surface area contributed by atoms with Gasteiger partial charge in [0.25, 0.3) is 0 Å². The fourth-order valence-corrected chi connectivity index (χ4v) is 7.54. The molecule has 0 spiro atoms. The smallest absolute Gasteiger partial charge is 0.321 e. The van der Waals surface area contributed by atoms with Crippen molar-refractivity contribution in [2.45, 2.75) is 64.5 Å². The summed E-state index contributed by atoms with van der Waals surface area (Å²) in [6, 6.07) is 14.0. The van der Waals surface area contributed by atoms with E-state index in [4.69, 9.17) is 9.47 Å². The number of nitrogens with zero attached hydrogens (tertiary/aromatic N) is 1. The van der Waals surface area contributed by atoms with Gasteiger partial charge in [-0.3, -0.25) is 14.5 Å². The molecule has 3 unspecified atom stereocenters. The molecule has 0 amide bonds. The molecule has 34 heavy (non-hydrogen) atoms. The van der Waals surface area contributed by atoms with E-state index >= 15 is 0 Å².